The largest absolute Gasteiger partial charge is 0.352 e. The summed E-state index contributed by atoms with van der Waals surface area (Å²) in [6, 6.07) is 8.51. The van der Waals surface area contributed by atoms with E-state index in [1.165, 1.54) is 0 Å². The van der Waals surface area contributed by atoms with Gasteiger partial charge in [0, 0.05) is 25.7 Å². The van der Waals surface area contributed by atoms with E-state index >= 15 is 0 Å². The molecule has 1 fully saturated rings. The predicted octanol–water partition coefficient (Wildman–Crippen LogP) is 2.45. The van der Waals surface area contributed by atoms with Crippen molar-refractivity contribution in [1.82, 2.24) is 15.3 Å². The van der Waals surface area contributed by atoms with Gasteiger partial charge in [-0.2, -0.15) is 0 Å². The van der Waals surface area contributed by atoms with Crippen LogP contribution in [0.3, 0.4) is 0 Å². The van der Waals surface area contributed by atoms with Crippen molar-refractivity contribution in [2.45, 2.75) is 26.8 Å². The molecule has 0 radical (unpaired) electrons. The lowest BCUT2D eigenvalue weighted by Gasteiger charge is -2.40. The van der Waals surface area contributed by atoms with Gasteiger partial charge < -0.3 is 10.2 Å². The Morgan fingerprint density at radius 3 is 2.70 bits per heavy atom. The number of nitrogens with zero attached hydrogens (tertiary/aromatic N) is 3. The highest BCUT2D eigenvalue weighted by Crippen LogP contribution is 2.24. The molecule has 1 N–H and O–H groups in total. The summed E-state index contributed by atoms with van der Waals surface area (Å²) in [6.07, 6.45) is 1.90. The molecule has 0 saturated carbocycles. The maximum Gasteiger partial charge on any atom is 0.147 e. The van der Waals surface area contributed by atoms with Crippen LogP contribution in [0.25, 0.3) is 11.0 Å². The van der Waals surface area contributed by atoms with Crippen molar-refractivity contribution in [1.29, 1.82) is 0 Å². The first-order valence-corrected chi connectivity index (χ1v) is 7.24. The monoisotopic (exact) mass is 270 g/mol. The van der Waals surface area contributed by atoms with Crippen LogP contribution in [-0.4, -0.2) is 35.6 Å². The number of hydrogen-bond acceptors (Lipinski definition) is 4. The molecule has 4 heteroatoms. The van der Waals surface area contributed by atoms with E-state index in [2.05, 4.69) is 36.0 Å². The number of fused-ring (bicyclic) bond motifs is 1. The van der Waals surface area contributed by atoms with Crippen LogP contribution in [0.4, 0.5) is 5.82 Å². The molecule has 2 heterocycles. The molecule has 1 aliphatic rings. The molecule has 3 rings (SSSR count). The number of aromatic nitrogens is 2. The van der Waals surface area contributed by atoms with Gasteiger partial charge in [-0.1, -0.05) is 32.9 Å². The van der Waals surface area contributed by atoms with Crippen LogP contribution in [0.15, 0.2) is 30.5 Å². The molecule has 0 amide bonds. The number of anilines is 1. The highest BCUT2D eigenvalue weighted by atomic mass is 15.3. The zero-order chi connectivity index (χ0) is 14.2. The summed E-state index contributed by atoms with van der Waals surface area (Å²) in [5.74, 6) is 0.986. The Morgan fingerprint density at radius 2 is 1.95 bits per heavy atom. The highest BCUT2D eigenvalue weighted by Gasteiger charge is 2.29. The molecule has 1 aliphatic heterocycles. The second-order valence-corrected chi connectivity index (χ2v) is 6.54. The normalized spacial score (nSPS) is 20.4. The molecule has 0 bridgehead atoms. The molecule has 2 aromatic rings. The van der Waals surface area contributed by atoms with Gasteiger partial charge in [0.2, 0.25) is 0 Å². The molecule has 1 atom stereocenters. The standard InChI is InChI=1S/C16H22N4/c1-16(2,3)14-11-20(9-8-17-14)15-10-18-12-6-4-5-7-13(12)19-15/h4-7,10,14,17H,8-9,11H2,1-3H3. The summed E-state index contributed by atoms with van der Waals surface area (Å²) < 4.78 is 0. The minimum absolute atomic E-state index is 0.253. The summed E-state index contributed by atoms with van der Waals surface area (Å²) in [6.45, 7) is 9.80. The highest BCUT2D eigenvalue weighted by molar-refractivity contribution is 5.75. The second-order valence-electron chi connectivity index (χ2n) is 6.54. The number of rotatable bonds is 1. The summed E-state index contributed by atoms with van der Waals surface area (Å²) in [7, 11) is 0. The zero-order valence-electron chi connectivity index (χ0n) is 12.4. The third kappa shape index (κ3) is 2.61. The quantitative estimate of drug-likeness (QED) is 0.864. The predicted molar refractivity (Wildman–Crippen MR) is 83.0 cm³/mol. The third-order valence-electron chi connectivity index (χ3n) is 3.98. The maximum absolute atomic E-state index is 4.75. The zero-order valence-corrected chi connectivity index (χ0v) is 12.4. The van der Waals surface area contributed by atoms with E-state index in [0.29, 0.717) is 6.04 Å². The van der Waals surface area contributed by atoms with Crippen LogP contribution >= 0.6 is 0 Å². The van der Waals surface area contributed by atoms with Crippen LogP contribution in [0, 0.1) is 5.41 Å². The molecule has 1 saturated heterocycles. The maximum atomic E-state index is 4.75. The van der Waals surface area contributed by atoms with Crippen molar-refractivity contribution < 1.29 is 0 Å². The fourth-order valence-electron chi connectivity index (χ4n) is 2.64. The van der Waals surface area contributed by atoms with Crippen LogP contribution in [-0.2, 0) is 0 Å². The molecule has 0 aliphatic carbocycles. The summed E-state index contributed by atoms with van der Waals surface area (Å²) in [5.41, 5.74) is 2.18. The van der Waals surface area contributed by atoms with E-state index in [4.69, 9.17) is 4.98 Å². The van der Waals surface area contributed by atoms with Crippen LogP contribution in [0.2, 0.25) is 0 Å². The Hall–Kier alpha value is -1.68. The van der Waals surface area contributed by atoms with E-state index in [0.717, 1.165) is 36.5 Å². The van der Waals surface area contributed by atoms with Crippen LogP contribution in [0.1, 0.15) is 20.8 Å². The lowest BCUT2D eigenvalue weighted by molar-refractivity contribution is 0.253. The van der Waals surface area contributed by atoms with Crippen molar-refractivity contribution in [3.63, 3.8) is 0 Å². The van der Waals surface area contributed by atoms with Gasteiger partial charge in [-0.25, -0.2) is 4.98 Å². The average Bonchev–Trinajstić information content (AvgIpc) is 2.46. The summed E-state index contributed by atoms with van der Waals surface area (Å²) >= 11 is 0. The van der Waals surface area contributed by atoms with Crippen molar-refractivity contribution in [2.75, 3.05) is 24.5 Å². The number of para-hydroxylation sites is 2. The topological polar surface area (TPSA) is 41.1 Å². The molecular formula is C16H22N4. The van der Waals surface area contributed by atoms with E-state index in [9.17, 15) is 0 Å². The van der Waals surface area contributed by atoms with Gasteiger partial charge in [0.25, 0.3) is 0 Å². The molecule has 4 nitrogen and oxygen atoms in total. The SMILES string of the molecule is CC(C)(C)C1CN(c2cnc3ccccc3n2)CCN1. The first kappa shape index (κ1) is 13.3. The van der Waals surface area contributed by atoms with Gasteiger partial charge >= 0.3 is 0 Å². The lowest BCUT2D eigenvalue weighted by atomic mass is 9.85. The molecule has 20 heavy (non-hydrogen) atoms. The second kappa shape index (κ2) is 5.02. The Balaban J connectivity index is 1.87. The van der Waals surface area contributed by atoms with E-state index in [1.807, 2.05) is 30.5 Å². The number of piperazine rings is 1. The van der Waals surface area contributed by atoms with Gasteiger partial charge in [-0.05, 0) is 17.5 Å². The fourth-order valence-corrected chi connectivity index (χ4v) is 2.64. The summed E-state index contributed by atoms with van der Waals surface area (Å²) in [5, 5.41) is 3.61. The summed E-state index contributed by atoms with van der Waals surface area (Å²) in [4.78, 5) is 11.6. The number of benzene rings is 1. The van der Waals surface area contributed by atoms with Gasteiger partial charge in [0.15, 0.2) is 0 Å². The first-order chi connectivity index (χ1) is 9.54. The van der Waals surface area contributed by atoms with Crippen molar-refractivity contribution in [3.05, 3.63) is 30.5 Å². The molecule has 1 unspecified atom stereocenters. The minimum atomic E-state index is 0.253. The van der Waals surface area contributed by atoms with Gasteiger partial charge in [0.1, 0.15) is 5.82 Å². The Labute approximate surface area is 120 Å². The number of hydrogen-bond donors (Lipinski definition) is 1. The van der Waals surface area contributed by atoms with Gasteiger partial charge in [-0.3, -0.25) is 4.98 Å². The van der Waals surface area contributed by atoms with Crippen molar-refractivity contribution >= 4 is 16.9 Å². The Bertz CT molecular complexity index is 603. The Kier molecular flexibility index (Phi) is 3.34. The molecular weight excluding hydrogens is 248 g/mol. The number of nitrogens with one attached hydrogen (secondary N) is 1. The smallest absolute Gasteiger partial charge is 0.147 e. The van der Waals surface area contributed by atoms with Gasteiger partial charge in [0.05, 0.1) is 17.2 Å². The molecule has 1 aromatic heterocycles. The Morgan fingerprint density at radius 1 is 1.20 bits per heavy atom. The van der Waals surface area contributed by atoms with E-state index < -0.39 is 0 Å². The molecule has 1 aromatic carbocycles. The van der Waals surface area contributed by atoms with Crippen LogP contribution in [0.5, 0.6) is 0 Å². The minimum Gasteiger partial charge on any atom is -0.352 e. The third-order valence-corrected chi connectivity index (χ3v) is 3.98. The van der Waals surface area contributed by atoms with E-state index in [1.54, 1.807) is 0 Å². The molecule has 106 valence electrons. The van der Waals surface area contributed by atoms with Crippen LogP contribution < -0.4 is 10.2 Å². The van der Waals surface area contributed by atoms with E-state index in [-0.39, 0.29) is 5.41 Å². The van der Waals surface area contributed by atoms with Crippen molar-refractivity contribution in [3.8, 4) is 0 Å². The first-order valence-electron chi connectivity index (χ1n) is 7.24. The lowest BCUT2D eigenvalue weighted by Crippen LogP contribution is -2.56. The van der Waals surface area contributed by atoms with Gasteiger partial charge in [-0.15, -0.1) is 0 Å². The van der Waals surface area contributed by atoms with Crippen molar-refractivity contribution in [2.24, 2.45) is 5.41 Å². The fraction of sp³-hybridized carbons (Fsp3) is 0.500. The molecule has 0 spiro atoms. The average molecular weight is 270 g/mol.